The van der Waals surface area contributed by atoms with E-state index in [9.17, 15) is 9.59 Å². The highest BCUT2D eigenvalue weighted by atomic mass is 16.3. The average molecular weight is 375 g/mol. The van der Waals surface area contributed by atoms with Crippen molar-refractivity contribution in [3.8, 4) is 6.07 Å². The smallest absolute Gasteiger partial charge is 0.320 e. The van der Waals surface area contributed by atoms with Gasteiger partial charge in [0.1, 0.15) is 23.1 Å². The number of aromatic nitrogens is 1. The molecule has 0 spiro atoms. The molecule has 1 aromatic carbocycles. The molecule has 0 unspecified atom stereocenters. The van der Waals surface area contributed by atoms with Gasteiger partial charge in [-0.15, -0.1) is 0 Å². The number of fused-ring (bicyclic) bond motifs is 1. The Balaban J connectivity index is 1.38. The molecule has 0 aliphatic carbocycles. The van der Waals surface area contributed by atoms with E-state index >= 15 is 0 Å². The number of carbonyl (C=O) groups is 2. The third-order valence-electron chi connectivity index (χ3n) is 4.56. The van der Waals surface area contributed by atoms with E-state index in [1.165, 1.54) is 11.1 Å². The van der Waals surface area contributed by atoms with Gasteiger partial charge in [-0.2, -0.15) is 5.26 Å². The van der Waals surface area contributed by atoms with Crippen molar-refractivity contribution < 1.29 is 14.0 Å². The van der Waals surface area contributed by atoms with Crippen molar-refractivity contribution in [3.63, 3.8) is 0 Å². The van der Waals surface area contributed by atoms with E-state index in [1.54, 1.807) is 12.1 Å². The highest BCUT2D eigenvalue weighted by Gasteiger charge is 2.32. The third kappa shape index (κ3) is 3.50. The molecule has 2 N–H and O–H groups in total. The predicted molar refractivity (Wildman–Crippen MR) is 102 cm³/mol. The highest BCUT2D eigenvalue weighted by Crippen LogP contribution is 2.26. The zero-order valence-electron chi connectivity index (χ0n) is 14.9. The van der Waals surface area contributed by atoms with Crippen LogP contribution in [0.5, 0.6) is 0 Å². The van der Waals surface area contributed by atoms with Gasteiger partial charge in [0.25, 0.3) is 0 Å². The van der Waals surface area contributed by atoms with Crippen LogP contribution in [-0.4, -0.2) is 23.5 Å². The van der Waals surface area contributed by atoms with Crippen molar-refractivity contribution >= 4 is 34.4 Å². The minimum absolute atomic E-state index is 0.228. The molecule has 2 aromatic heterocycles. The van der Waals surface area contributed by atoms with Crippen molar-refractivity contribution in [2.24, 2.45) is 5.92 Å². The normalized spacial score (nSPS) is 16.2. The summed E-state index contributed by atoms with van der Waals surface area (Å²) in [4.78, 5) is 30.0. The summed E-state index contributed by atoms with van der Waals surface area (Å²) >= 11 is 0. The second-order valence-corrected chi connectivity index (χ2v) is 6.42. The fourth-order valence-electron chi connectivity index (χ4n) is 3.16. The van der Waals surface area contributed by atoms with E-state index in [4.69, 9.17) is 9.68 Å². The van der Waals surface area contributed by atoms with E-state index in [-0.39, 0.29) is 12.5 Å². The maximum atomic E-state index is 12.2. The van der Waals surface area contributed by atoms with Crippen LogP contribution >= 0.6 is 0 Å². The zero-order chi connectivity index (χ0) is 19.5. The molecule has 140 valence electrons. The summed E-state index contributed by atoms with van der Waals surface area (Å²) in [6.45, 7) is 0.702. The number of furan rings is 1. The Bertz CT molecular complexity index is 1050. The van der Waals surface area contributed by atoms with Gasteiger partial charge in [0.15, 0.2) is 0 Å². The van der Waals surface area contributed by atoms with Gasteiger partial charge in [0.05, 0.1) is 12.6 Å². The Morgan fingerprint density at radius 2 is 2.18 bits per heavy atom. The number of urea groups is 1. The number of nitrogens with zero attached hydrogens (tertiary/aromatic N) is 3. The molecule has 1 aliphatic heterocycles. The molecule has 8 nitrogen and oxygen atoms in total. The van der Waals surface area contributed by atoms with Gasteiger partial charge in [-0.3, -0.25) is 10.1 Å². The summed E-state index contributed by atoms with van der Waals surface area (Å²) in [6, 6.07) is 14.3. The van der Waals surface area contributed by atoms with Gasteiger partial charge in [0.2, 0.25) is 5.91 Å². The number of hydrogen-bond donors (Lipinski definition) is 2. The number of carbonyl (C=O) groups excluding carboxylic acids is 2. The number of nitriles is 1. The maximum Gasteiger partial charge on any atom is 0.320 e. The Kier molecular flexibility index (Phi) is 4.64. The number of amides is 3. The molecule has 1 aliphatic rings. The number of hydrogen-bond acceptors (Lipinski definition) is 5. The van der Waals surface area contributed by atoms with Crippen LogP contribution in [0.4, 0.5) is 16.3 Å². The number of para-hydroxylation sites is 1. The summed E-state index contributed by atoms with van der Waals surface area (Å²) in [7, 11) is 0. The molecule has 4 rings (SSSR count). The van der Waals surface area contributed by atoms with Gasteiger partial charge in [-0.25, -0.2) is 9.78 Å². The summed E-state index contributed by atoms with van der Waals surface area (Å²) in [5, 5.41) is 15.3. The van der Waals surface area contributed by atoms with E-state index in [2.05, 4.69) is 15.6 Å². The van der Waals surface area contributed by atoms with Crippen LogP contribution in [0.1, 0.15) is 12.2 Å². The number of rotatable bonds is 4. The molecular formula is C20H17N5O3. The lowest BCUT2D eigenvalue weighted by Crippen LogP contribution is -2.29. The molecular weight excluding hydrogens is 358 g/mol. The highest BCUT2D eigenvalue weighted by molar-refractivity contribution is 5.99. The van der Waals surface area contributed by atoms with Crippen LogP contribution in [0, 0.1) is 17.2 Å². The van der Waals surface area contributed by atoms with Crippen molar-refractivity contribution in [3.05, 3.63) is 54.4 Å². The van der Waals surface area contributed by atoms with E-state index in [1.807, 2.05) is 36.4 Å². The minimum atomic E-state index is -0.614. The average Bonchev–Trinajstić information content (AvgIpc) is 3.29. The fraction of sp³-hybridized carbons (Fsp3) is 0.200. The molecule has 0 saturated carbocycles. The van der Waals surface area contributed by atoms with Gasteiger partial charge in [-0.1, -0.05) is 18.2 Å². The summed E-state index contributed by atoms with van der Waals surface area (Å²) < 4.78 is 5.66. The van der Waals surface area contributed by atoms with Crippen molar-refractivity contribution in [1.82, 2.24) is 10.3 Å². The molecule has 1 atom stereocenters. The van der Waals surface area contributed by atoms with E-state index < -0.39 is 11.9 Å². The summed E-state index contributed by atoms with van der Waals surface area (Å²) in [5.74, 6) is 0.113. The predicted octanol–water partition coefficient (Wildman–Crippen LogP) is 3.03. The summed E-state index contributed by atoms with van der Waals surface area (Å²) in [6.07, 6.45) is 2.01. The third-order valence-corrected chi connectivity index (χ3v) is 4.56. The van der Waals surface area contributed by atoms with Crippen LogP contribution in [-0.2, 0) is 11.3 Å². The van der Waals surface area contributed by atoms with Gasteiger partial charge < -0.3 is 14.6 Å². The second kappa shape index (κ2) is 7.40. The Hall–Kier alpha value is -3.86. The topological polar surface area (TPSA) is 111 Å². The molecule has 0 radical (unpaired) electrons. The number of benzene rings is 1. The first-order valence-electron chi connectivity index (χ1n) is 8.83. The van der Waals surface area contributed by atoms with E-state index in [0.717, 1.165) is 11.0 Å². The minimum Gasteiger partial charge on any atom is -0.459 e. The fourth-order valence-corrected chi connectivity index (χ4v) is 3.16. The van der Waals surface area contributed by atoms with Gasteiger partial charge >= 0.3 is 6.03 Å². The molecule has 28 heavy (non-hydrogen) atoms. The van der Waals surface area contributed by atoms with Crippen LogP contribution in [0.25, 0.3) is 11.0 Å². The lowest BCUT2D eigenvalue weighted by atomic mass is 10.1. The van der Waals surface area contributed by atoms with E-state index in [0.29, 0.717) is 30.2 Å². The lowest BCUT2D eigenvalue weighted by Gasteiger charge is -2.16. The number of nitrogens with one attached hydrogen (secondary N) is 2. The van der Waals surface area contributed by atoms with Gasteiger partial charge in [0, 0.05) is 29.9 Å². The number of pyridine rings is 1. The first kappa shape index (κ1) is 17.5. The van der Waals surface area contributed by atoms with Crippen molar-refractivity contribution in [1.29, 1.82) is 5.26 Å². The molecule has 3 heterocycles. The number of anilines is 2. The summed E-state index contributed by atoms with van der Waals surface area (Å²) in [5.41, 5.74) is 1.37. The molecule has 0 bridgehead atoms. The second-order valence-electron chi connectivity index (χ2n) is 6.42. The molecule has 3 aromatic rings. The molecule has 3 amide bonds. The molecule has 8 heteroatoms. The van der Waals surface area contributed by atoms with Crippen LogP contribution < -0.4 is 15.5 Å². The zero-order valence-corrected chi connectivity index (χ0v) is 14.9. The lowest BCUT2D eigenvalue weighted by molar-refractivity contribution is -0.118. The molecule has 1 fully saturated rings. The molecule has 1 saturated heterocycles. The van der Waals surface area contributed by atoms with Gasteiger partial charge in [-0.05, 0) is 24.6 Å². The monoisotopic (exact) mass is 375 g/mol. The van der Waals surface area contributed by atoms with Crippen LogP contribution in [0.2, 0.25) is 0 Å². The first-order valence-corrected chi connectivity index (χ1v) is 8.83. The first-order chi connectivity index (χ1) is 13.6. The standard InChI is InChI=1S/C20H17N5O3/c21-11-14-6-8-25(19(14)26)15-5-7-22-18(10-15)24-20(27)23-12-16-9-13-3-1-2-4-17(13)28-16/h1-5,7,9-10,14H,6,8,12H2,(H2,22,23,24,27)/t14-/m1/s1. The largest absolute Gasteiger partial charge is 0.459 e. The van der Waals surface area contributed by atoms with Crippen LogP contribution in [0.3, 0.4) is 0 Å². The maximum absolute atomic E-state index is 12.2. The Morgan fingerprint density at radius 1 is 1.32 bits per heavy atom. The Labute approximate surface area is 160 Å². The SMILES string of the molecule is N#C[C@H]1CCN(c2ccnc(NC(=O)NCc3cc4ccccc4o3)c2)C1=O. The van der Waals surface area contributed by atoms with Crippen molar-refractivity contribution in [2.75, 3.05) is 16.8 Å². The quantitative estimate of drug-likeness (QED) is 0.728. The Morgan fingerprint density at radius 3 is 2.96 bits per heavy atom. The van der Waals surface area contributed by atoms with Crippen LogP contribution in [0.15, 0.2) is 53.1 Å². The van der Waals surface area contributed by atoms with Crippen molar-refractivity contribution in [2.45, 2.75) is 13.0 Å².